The summed E-state index contributed by atoms with van der Waals surface area (Å²) in [6, 6.07) is 1.94. The number of nitriles is 1. The third kappa shape index (κ3) is 0.756. The fourth-order valence-electron chi connectivity index (χ4n) is 2.10. The molecule has 0 aliphatic heterocycles. The minimum Gasteiger partial charge on any atom is -0.480 e. The number of carboxylic acid groups (broad SMARTS) is 1. The van der Waals surface area contributed by atoms with E-state index in [1.807, 2.05) is 6.07 Å². The van der Waals surface area contributed by atoms with Crippen molar-refractivity contribution in [2.75, 3.05) is 0 Å². The first-order chi connectivity index (χ1) is 5.18. The second kappa shape index (κ2) is 1.76. The average Bonchev–Trinajstić information content (AvgIpc) is 2.59. The van der Waals surface area contributed by atoms with Crippen LogP contribution in [-0.2, 0) is 4.79 Å². The van der Waals surface area contributed by atoms with Crippen molar-refractivity contribution in [3.63, 3.8) is 0 Å². The van der Waals surface area contributed by atoms with Crippen LogP contribution in [0.3, 0.4) is 0 Å². The Morgan fingerprint density at radius 1 is 1.55 bits per heavy atom. The van der Waals surface area contributed by atoms with E-state index in [9.17, 15) is 4.79 Å². The predicted octanol–water partition coefficient (Wildman–Crippen LogP) is 1.01. The van der Waals surface area contributed by atoms with E-state index in [0.717, 1.165) is 6.42 Å². The summed E-state index contributed by atoms with van der Waals surface area (Å²) in [6.07, 6.45) is 2.32. The molecule has 0 heterocycles. The van der Waals surface area contributed by atoms with Crippen LogP contribution in [0.5, 0.6) is 0 Å². The van der Waals surface area contributed by atoms with E-state index in [1.54, 1.807) is 0 Å². The van der Waals surface area contributed by atoms with Crippen molar-refractivity contribution in [3.05, 3.63) is 0 Å². The van der Waals surface area contributed by atoms with Crippen LogP contribution in [-0.4, -0.2) is 11.1 Å². The molecule has 2 fully saturated rings. The number of nitrogens with zero attached hydrogens (tertiary/aromatic N) is 1. The standard InChI is InChI=1S/C8H9NO2/c9-4-8(7(10)11)2-5-1-6(5)3-8/h5-6H,1-3H2,(H,10,11). The molecule has 0 aromatic rings. The van der Waals surface area contributed by atoms with Crippen LogP contribution in [0.15, 0.2) is 0 Å². The smallest absolute Gasteiger partial charge is 0.324 e. The number of aliphatic carboxylic acids is 1. The topological polar surface area (TPSA) is 61.1 Å². The Balaban J connectivity index is 2.21. The summed E-state index contributed by atoms with van der Waals surface area (Å²) < 4.78 is 0. The highest BCUT2D eigenvalue weighted by Crippen LogP contribution is 2.59. The second-order valence-corrected chi connectivity index (χ2v) is 3.66. The van der Waals surface area contributed by atoms with Crippen LogP contribution in [0.4, 0.5) is 0 Å². The molecule has 2 atom stereocenters. The summed E-state index contributed by atoms with van der Waals surface area (Å²) in [7, 11) is 0. The van der Waals surface area contributed by atoms with Gasteiger partial charge in [-0.05, 0) is 31.1 Å². The first kappa shape index (κ1) is 6.66. The average molecular weight is 151 g/mol. The SMILES string of the molecule is N#CC1(C(=O)O)CC2CC2C1. The van der Waals surface area contributed by atoms with Crippen molar-refractivity contribution >= 4 is 5.97 Å². The number of fused-ring (bicyclic) bond motifs is 1. The fourth-order valence-corrected chi connectivity index (χ4v) is 2.10. The van der Waals surface area contributed by atoms with E-state index in [2.05, 4.69) is 0 Å². The van der Waals surface area contributed by atoms with Crippen LogP contribution in [0.2, 0.25) is 0 Å². The van der Waals surface area contributed by atoms with Crippen molar-refractivity contribution in [2.45, 2.75) is 19.3 Å². The lowest BCUT2D eigenvalue weighted by molar-refractivity contribution is -0.145. The quantitative estimate of drug-likeness (QED) is 0.608. The Hall–Kier alpha value is -1.04. The Morgan fingerprint density at radius 2 is 2.09 bits per heavy atom. The largest absolute Gasteiger partial charge is 0.480 e. The summed E-state index contributed by atoms with van der Waals surface area (Å²) in [6.45, 7) is 0. The number of carboxylic acids is 1. The van der Waals surface area contributed by atoms with Crippen molar-refractivity contribution in [3.8, 4) is 6.07 Å². The number of carbonyl (C=O) groups is 1. The van der Waals surface area contributed by atoms with Crippen molar-refractivity contribution < 1.29 is 9.90 Å². The molecular formula is C8H9NO2. The van der Waals surface area contributed by atoms with E-state index in [1.165, 1.54) is 0 Å². The minimum absolute atomic E-state index is 0.547. The molecule has 0 aromatic heterocycles. The van der Waals surface area contributed by atoms with E-state index >= 15 is 0 Å². The summed E-state index contributed by atoms with van der Waals surface area (Å²) in [5.74, 6) is 0.170. The Kier molecular flexibility index (Phi) is 1.07. The molecule has 2 aliphatic carbocycles. The van der Waals surface area contributed by atoms with Crippen LogP contribution in [0, 0.1) is 28.6 Å². The van der Waals surface area contributed by atoms with E-state index in [4.69, 9.17) is 10.4 Å². The lowest BCUT2D eigenvalue weighted by atomic mass is 9.85. The monoisotopic (exact) mass is 151 g/mol. The summed E-state index contributed by atoms with van der Waals surface area (Å²) in [5, 5.41) is 17.5. The molecule has 0 amide bonds. The van der Waals surface area contributed by atoms with Gasteiger partial charge in [0.05, 0.1) is 6.07 Å². The molecule has 0 aromatic carbocycles. The summed E-state index contributed by atoms with van der Waals surface area (Å²) in [4.78, 5) is 10.7. The third-order valence-corrected chi connectivity index (χ3v) is 2.91. The fraction of sp³-hybridized carbons (Fsp3) is 0.750. The third-order valence-electron chi connectivity index (χ3n) is 2.91. The van der Waals surface area contributed by atoms with Crippen LogP contribution < -0.4 is 0 Å². The van der Waals surface area contributed by atoms with Crippen molar-refractivity contribution in [1.29, 1.82) is 5.26 Å². The molecule has 11 heavy (non-hydrogen) atoms. The molecule has 1 N–H and O–H groups in total. The predicted molar refractivity (Wildman–Crippen MR) is 36.5 cm³/mol. The van der Waals surface area contributed by atoms with Gasteiger partial charge < -0.3 is 5.11 Å². The zero-order chi connectivity index (χ0) is 8.06. The van der Waals surface area contributed by atoms with Crippen LogP contribution >= 0.6 is 0 Å². The van der Waals surface area contributed by atoms with Gasteiger partial charge in [-0.1, -0.05) is 0 Å². The van der Waals surface area contributed by atoms with Gasteiger partial charge in [0.15, 0.2) is 5.41 Å². The Morgan fingerprint density at radius 3 is 2.36 bits per heavy atom. The first-order valence-corrected chi connectivity index (χ1v) is 3.82. The van der Waals surface area contributed by atoms with E-state index < -0.39 is 11.4 Å². The van der Waals surface area contributed by atoms with Gasteiger partial charge in [-0.2, -0.15) is 5.26 Å². The highest BCUT2D eigenvalue weighted by Gasteiger charge is 2.58. The van der Waals surface area contributed by atoms with Crippen molar-refractivity contribution in [2.24, 2.45) is 17.3 Å². The van der Waals surface area contributed by atoms with Gasteiger partial charge >= 0.3 is 5.97 Å². The van der Waals surface area contributed by atoms with Gasteiger partial charge in [-0.15, -0.1) is 0 Å². The van der Waals surface area contributed by atoms with Gasteiger partial charge in [0.2, 0.25) is 0 Å². The lowest BCUT2D eigenvalue weighted by Crippen LogP contribution is -2.27. The molecule has 58 valence electrons. The maximum absolute atomic E-state index is 10.7. The molecule has 0 spiro atoms. The van der Waals surface area contributed by atoms with Gasteiger partial charge in [-0.3, -0.25) is 4.79 Å². The van der Waals surface area contributed by atoms with Crippen molar-refractivity contribution in [1.82, 2.24) is 0 Å². The molecule has 2 saturated carbocycles. The second-order valence-electron chi connectivity index (χ2n) is 3.66. The van der Waals surface area contributed by atoms with Crippen LogP contribution in [0.25, 0.3) is 0 Å². The highest BCUT2D eigenvalue weighted by atomic mass is 16.4. The molecule has 0 bridgehead atoms. The molecule has 2 unspecified atom stereocenters. The first-order valence-electron chi connectivity index (χ1n) is 3.82. The molecule has 3 nitrogen and oxygen atoms in total. The van der Waals surface area contributed by atoms with Gasteiger partial charge in [0.1, 0.15) is 0 Å². The van der Waals surface area contributed by atoms with E-state index in [0.29, 0.717) is 24.7 Å². The number of hydrogen-bond donors (Lipinski definition) is 1. The minimum atomic E-state index is -1.02. The normalized spacial score (nSPS) is 46.1. The highest BCUT2D eigenvalue weighted by molar-refractivity contribution is 5.78. The molecule has 2 rings (SSSR count). The molecule has 0 saturated heterocycles. The van der Waals surface area contributed by atoms with Gasteiger partial charge in [-0.25, -0.2) is 0 Å². The molecule has 2 aliphatic rings. The molecular weight excluding hydrogens is 142 g/mol. The molecule has 3 heteroatoms. The van der Waals surface area contributed by atoms with Crippen LogP contribution in [0.1, 0.15) is 19.3 Å². The van der Waals surface area contributed by atoms with Gasteiger partial charge in [0, 0.05) is 0 Å². The Labute approximate surface area is 64.6 Å². The van der Waals surface area contributed by atoms with E-state index in [-0.39, 0.29) is 0 Å². The summed E-state index contributed by atoms with van der Waals surface area (Å²) >= 11 is 0. The number of rotatable bonds is 1. The zero-order valence-electron chi connectivity index (χ0n) is 6.08. The lowest BCUT2D eigenvalue weighted by Gasteiger charge is -2.15. The zero-order valence-corrected chi connectivity index (χ0v) is 6.08. The molecule has 0 radical (unpaired) electrons. The maximum atomic E-state index is 10.7. The van der Waals surface area contributed by atoms with Gasteiger partial charge in [0.25, 0.3) is 0 Å². The maximum Gasteiger partial charge on any atom is 0.324 e. The Bertz CT molecular complexity index is 243. The summed E-state index contributed by atoms with van der Waals surface area (Å²) in [5.41, 5.74) is -1.02. The number of hydrogen-bond acceptors (Lipinski definition) is 2.